The minimum atomic E-state index is -2.78. The van der Waals surface area contributed by atoms with E-state index < -0.39 is 84.3 Å². The molecule has 2 unspecified atom stereocenters. The van der Waals surface area contributed by atoms with Gasteiger partial charge in [-0.15, -0.1) is 0 Å². The summed E-state index contributed by atoms with van der Waals surface area (Å²) in [6, 6.07) is 58.7. The maximum absolute atomic E-state index is 12.9. The van der Waals surface area contributed by atoms with Gasteiger partial charge in [-0.3, -0.25) is 9.32 Å². The first-order valence-corrected chi connectivity index (χ1v) is 33.7. The van der Waals surface area contributed by atoms with Crippen LogP contribution in [-0.2, 0) is 101 Å². The second-order valence-corrected chi connectivity index (χ2v) is 28.3. The number of hydrogen-bond acceptors (Lipinski definition) is 15. The zero-order valence-electron chi connectivity index (χ0n) is 51.6. The van der Waals surface area contributed by atoms with Gasteiger partial charge < -0.3 is 61.4 Å². The Labute approximate surface area is 515 Å². The van der Waals surface area contributed by atoms with Crippen molar-refractivity contribution in [1.82, 2.24) is 4.90 Å². The highest BCUT2D eigenvalue weighted by atomic mass is 31.2. The van der Waals surface area contributed by atoms with E-state index in [0.29, 0.717) is 6.61 Å². The molecule has 2 aliphatic heterocycles. The molecule has 0 aromatic heterocycles. The fraction of sp³-hybridized carbons (Fsp3) is 0.456. The predicted molar refractivity (Wildman–Crippen MR) is 338 cm³/mol. The molecule has 1 N–H and O–H groups in total. The summed E-state index contributed by atoms with van der Waals surface area (Å²) in [5, 5.41) is -0.189. The second kappa shape index (κ2) is 36.5. The quantitative estimate of drug-likeness (QED) is 0.0258. The summed E-state index contributed by atoms with van der Waals surface area (Å²) in [6.45, 7) is 23.4. The van der Waals surface area contributed by atoms with E-state index in [1.807, 2.05) is 182 Å². The number of carbonyl (C=O) groups is 1. The van der Waals surface area contributed by atoms with E-state index >= 15 is 0 Å². The minimum absolute atomic E-state index is 0. The van der Waals surface area contributed by atoms with E-state index in [1.165, 1.54) is 26.6 Å². The number of ether oxygens (including phenoxy) is 9. The third-order valence-electron chi connectivity index (χ3n) is 15.4. The lowest BCUT2D eigenvalue weighted by molar-refractivity contribution is -0.318. The average molecular weight is 1220 g/mol. The molecule has 0 aliphatic carbocycles. The monoisotopic (exact) mass is 1210 g/mol. The van der Waals surface area contributed by atoms with Gasteiger partial charge in [-0.05, 0) is 71.1 Å². The summed E-state index contributed by atoms with van der Waals surface area (Å²) < 4.78 is 80.1. The lowest BCUT2D eigenvalue weighted by Gasteiger charge is -2.49. The zero-order chi connectivity index (χ0) is 60.4. The summed E-state index contributed by atoms with van der Waals surface area (Å²) >= 11 is 0. The first kappa shape index (κ1) is 70.1. The maximum Gasteiger partial charge on any atom is 0.332 e. The Bertz CT molecular complexity index is 2750. The summed E-state index contributed by atoms with van der Waals surface area (Å²) in [5.41, 5.74) is 5.53. The summed E-state index contributed by atoms with van der Waals surface area (Å²) in [6.07, 6.45) is -9.49. The third-order valence-corrected chi connectivity index (χ3v) is 20.6. The van der Waals surface area contributed by atoms with Crippen molar-refractivity contribution in [2.75, 3.05) is 32.8 Å². The second-order valence-electron chi connectivity index (χ2n) is 22.6. The van der Waals surface area contributed by atoms with E-state index in [9.17, 15) is 9.69 Å². The van der Waals surface area contributed by atoms with Gasteiger partial charge in [0.25, 0.3) is 0 Å². The first-order valence-electron chi connectivity index (χ1n) is 29.7. The molecule has 0 bridgehead atoms. The molecule has 86 heavy (non-hydrogen) atoms. The molecule has 0 saturated carbocycles. The Morgan fingerprint density at radius 1 is 0.488 bits per heavy atom. The maximum atomic E-state index is 12.9. The molecule has 463 valence electrons. The van der Waals surface area contributed by atoms with Crippen LogP contribution < -0.4 is 0 Å². The van der Waals surface area contributed by atoms with E-state index in [1.54, 1.807) is 0 Å². The van der Waals surface area contributed by atoms with Crippen LogP contribution in [0.15, 0.2) is 182 Å². The van der Waals surface area contributed by atoms with Gasteiger partial charge in [0.05, 0.1) is 52.9 Å². The number of esters is 1. The SMILES string of the molecule is CC(=O)OC1O[C@H](COP(O)O[C@H]2O[C@H](COCc3ccccc3)[C@@H](O[Si](C)(C)C(C)(C)C)[C@H](OCc3ccccc3)[C@H]2OCc2ccccc2)[C@@H](OCc2ccccc2)[C@H](OCc2ccccc2)[C@@H]1OCc1ccccc1.CCN(CC)CC.[B]. The van der Waals surface area contributed by atoms with Crippen molar-refractivity contribution in [1.29, 1.82) is 0 Å². The molecule has 15 nitrogen and oxygen atoms in total. The number of hydrogen-bond donors (Lipinski definition) is 1. The fourth-order valence-electron chi connectivity index (χ4n) is 9.59. The molecule has 2 heterocycles. The molecular weight excluding hydrogens is 1120 g/mol. The van der Waals surface area contributed by atoms with Crippen LogP contribution in [0.3, 0.4) is 0 Å². The van der Waals surface area contributed by atoms with Crippen molar-refractivity contribution < 1.29 is 65.8 Å². The molecule has 3 radical (unpaired) electrons. The Morgan fingerprint density at radius 2 is 0.814 bits per heavy atom. The fourth-order valence-corrected chi connectivity index (χ4v) is 11.6. The Hall–Kier alpha value is -5.02. The van der Waals surface area contributed by atoms with Crippen LogP contribution in [0.5, 0.6) is 0 Å². The Kier molecular flexibility index (Phi) is 29.7. The van der Waals surface area contributed by atoms with Crippen LogP contribution in [0.25, 0.3) is 0 Å². The Balaban J connectivity index is 0.00000139. The van der Waals surface area contributed by atoms with Crippen LogP contribution >= 0.6 is 8.60 Å². The van der Waals surface area contributed by atoms with Gasteiger partial charge in [0.2, 0.25) is 6.29 Å². The molecule has 0 spiro atoms. The van der Waals surface area contributed by atoms with Crippen LogP contribution in [-0.4, -0.2) is 127 Å². The largest absolute Gasteiger partial charge is 0.433 e. The molecule has 18 heteroatoms. The minimum Gasteiger partial charge on any atom is -0.433 e. The zero-order valence-corrected chi connectivity index (χ0v) is 53.5. The van der Waals surface area contributed by atoms with Gasteiger partial charge in [-0.2, -0.15) is 0 Å². The molecule has 8 rings (SSSR count). The lowest BCUT2D eigenvalue weighted by atomic mass is 9.98. The van der Waals surface area contributed by atoms with Gasteiger partial charge in [0, 0.05) is 15.3 Å². The van der Waals surface area contributed by atoms with Gasteiger partial charge in [-0.1, -0.05) is 224 Å². The molecule has 11 atom stereocenters. The standard InChI is InChI=1S/C62H75O14PSi.C6H15N.B/c1-45(63)72-60-58(69-41-50-33-21-11-22-34-50)56(67-39-48-29-17-9-18-30-48)54(66-38-47-27-15-8-16-28-47)53(73-60)44-71-77(64)75-61-59(70-42-51-35-23-12-24-36-51)57(68-40-49-31-19-10-20-32-49)55(76-78(5,6)62(2,3)4)52(74-61)43-65-37-46-25-13-7-14-26-46;1-4-7(5-2)6-3;/h7-36,52-61,64H,37-44H2,1-6H3;4-6H2,1-3H3;/t52-,53-,54-,55-,56+,57+,58+,59-,60?,61-,77?;;/m1../s1. The van der Waals surface area contributed by atoms with Crippen molar-refractivity contribution in [2.45, 2.75) is 168 Å². The van der Waals surface area contributed by atoms with E-state index in [4.69, 9.17) is 56.1 Å². The highest BCUT2D eigenvalue weighted by Crippen LogP contribution is 2.45. The molecule has 0 amide bonds. The summed E-state index contributed by atoms with van der Waals surface area (Å²) in [4.78, 5) is 27.4. The molecule has 2 fully saturated rings. The topological polar surface area (TPSA) is 151 Å². The number of rotatable bonds is 30. The lowest BCUT2D eigenvalue weighted by Crippen LogP contribution is -2.64. The Morgan fingerprint density at radius 3 is 1.17 bits per heavy atom. The van der Waals surface area contributed by atoms with Crippen LogP contribution in [0.4, 0.5) is 0 Å². The molecule has 6 aromatic rings. The summed E-state index contributed by atoms with van der Waals surface area (Å²) in [5.74, 6) is -0.593. The van der Waals surface area contributed by atoms with E-state index in [2.05, 4.69) is 59.5 Å². The number of nitrogens with zero attached hydrogens (tertiary/aromatic N) is 1. The van der Waals surface area contributed by atoms with Crippen molar-refractivity contribution >= 4 is 31.3 Å². The smallest absolute Gasteiger partial charge is 0.332 e. The van der Waals surface area contributed by atoms with Crippen molar-refractivity contribution in [3.05, 3.63) is 215 Å². The first-order chi connectivity index (χ1) is 41.1. The molecule has 6 aromatic carbocycles. The average Bonchev–Trinajstić information content (AvgIpc) is 1.76. The predicted octanol–water partition coefficient (Wildman–Crippen LogP) is 12.8. The van der Waals surface area contributed by atoms with Gasteiger partial charge in [0.15, 0.2) is 14.6 Å². The van der Waals surface area contributed by atoms with Gasteiger partial charge in [-0.25, -0.2) is 0 Å². The third kappa shape index (κ3) is 22.2. The number of carbonyl (C=O) groups excluding carboxylic acids is 1. The molecular formula is C68H90BNO14PSi. The van der Waals surface area contributed by atoms with Crippen LogP contribution in [0.2, 0.25) is 18.1 Å². The van der Waals surface area contributed by atoms with Crippen LogP contribution in [0, 0.1) is 0 Å². The van der Waals surface area contributed by atoms with Crippen molar-refractivity contribution in [3.8, 4) is 0 Å². The highest BCUT2D eigenvalue weighted by Gasteiger charge is 2.54. The molecule has 2 aliphatic rings. The normalized spacial score (nSPS) is 22.7. The van der Waals surface area contributed by atoms with Gasteiger partial charge >= 0.3 is 14.6 Å². The number of benzene rings is 6. The van der Waals surface area contributed by atoms with E-state index in [-0.39, 0.29) is 59.7 Å². The van der Waals surface area contributed by atoms with Crippen LogP contribution in [0.1, 0.15) is 81.8 Å². The molecule has 2 saturated heterocycles. The van der Waals surface area contributed by atoms with Gasteiger partial charge in [0.1, 0.15) is 48.8 Å². The van der Waals surface area contributed by atoms with E-state index in [0.717, 1.165) is 33.4 Å². The summed E-state index contributed by atoms with van der Waals surface area (Å²) in [7, 11) is -5.34. The highest BCUT2D eigenvalue weighted by molar-refractivity contribution is 7.40. The van der Waals surface area contributed by atoms with Crippen molar-refractivity contribution in [3.63, 3.8) is 0 Å². The van der Waals surface area contributed by atoms with Crippen molar-refractivity contribution in [2.24, 2.45) is 0 Å².